The lowest BCUT2D eigenvalue weighted by atomic mass is 10.0. The normalized spacial score (nSPS) is 20.2. The monoisotopic (exact) mass is 512 g/mol. The average Bonchev–Trinajstić information content (AvgIpc) is 3.08. The first-order valence-electron chi connectivity index (χ1n) is 9.46. The van der Waals surface area contributed by atoms with Crippen molar-refractivity contribution < 1.29 is 4.74 Å². The van der Waals surface area contributed by atoms with E-state index in [-0.39, 0.29) is 30.0 Å². The molecule has 2 aliphatic rings. The summed E-state index contributed by atoms with van der Waals surface area (Å²) in [5.41, 5.74) is 8.47. The number of nitrogens with one attached hydrogen (secondary N) is 1. The fourth-order valence-corrected chi connectivity index (χ4v) is 4.10. The Morgan fingerprint density at radius 1 is 1.14 bits per heavy atom. The largest absolute Gasteiger partial charge is 0.491 e. The first-order valence-corrected chi connectivity index (χ1v) is 9.84. The minimum absolute atomic E-state index is 0. The number of hydrogen-bond acceptors (Lipinski definition) is 3. The van der Waals surface area contributed by atoms with E-state index in [0.717, 1.165) is 43.8 Å². The number of ether oxygens (including phenoxy) is 1. The van der Waals surface area contributed by atoms with Crippen molar-refractivity contribution in [1.82, 2.24) is 10.2 Å². The summed E-state index contributed by atoms with van der Waals surface area (Å²) >= 11 is 6.31. The van der Waals surface area contributed by atoms with Gasteiger partial charge in [-0.25, -0.2) is 4.99 Å². The number of nitrogens with two attached hydrogens (primary N) is 1. The third kappa shape index (κ3) is 5.10. The van der Waals surface area contributed by atoms with Crippen LogP contribution in [0, 0.1) is 0 Å². The van der Waals surface area contributed by atoms with E-state index in [1.165, 1.54) is 5.56 Å². The number of halogens is 2. The van der Waals surface area contributed by atoms with Crippen LogP contribution in [0.4, 0.5) is 0 Å². The molecule has 0 aromatic heterocycles. The topological polar surface area (TPSA) is 62.9 Å². The lowest BCUT2D eigenvalue weighted by Gasteiger charge is -2.32. The summed E-state index contributed by atoms with van der Waals surface area (Å²) in [4.78, 5) is 7.11. The van der Waals surface area contributed by atoms with Crippen LogP contribution in [0.15, 0.2) is 53.5 Å². The first-order chi connectivity index (χ1) is 13.2. The van der Waals surface area contributed by atoms with Crippen molar-refractivity contribution in [3.63, 3.8) is 0 Å². The highest BCUT2D eigenvalue weighted by Gasteiger charge is 2.27. The SMILES string of the molecule is I.NC(=NC1COc2cccc(Cl)c21)NC1CCN(Cc2ccccc2)CC1. The van der Waals surface area contributed by atoms with Crippen LogP contribution in [0.1, 0.15) is 30.0 Å². The Morgan fingerprint density at radius 3 is 2.64 bits per heavy atom. The van der Waals surface area contributed by atoms with Gasteiger partial charge >= 0.3 is 0 Å². The van der Waals surface area contributed by atoms with E-state index >= 15 is 0 Å². The van der Waals surface area contributed by atoms with Crippen LogP contribution in [-0.2, 0) is 6.54 Å². The van der Waals surface area contributed by atoms with Gasteiger partial charge in [-0.05, 0) is 30.5 Å². The molecule has 1 atom stereocenters. The maximum absolute atomic E-state index is 6.31. The molecule has 2 aromatic carbocycles. The summed E-state index contributed by atoms with van der Waals surface area (Å²) in [6.07, 6.45) is 2.11. The molecular formula is C21H26ClIN4O. The maximum Gasteiger partial charge on any atom is 0.189 e. The quantitative estimate of drug-likeness (QED) is 0.370. The van der Waals surface area contributed by atoms with Crippen molar-refractivity contribution in [2.45, 2.75) is 31.5 Å². The van der Waals surface area contributed by atoms with Crippen molar-refractivity contribution >= 4 is 41.5 Å². The van der Waals surface area contributed by atoms with Gasteiger partial charge in [0.05, 0.1) is 0 Å². The minimum atomic E-state index is -0.139. The summed E-state index contributed by atoms with van der Waals surface area (Å²) in [5, 5.41) is 4.06. The van der Waals surface area contributed by atoms with Crippen LogP contribution in [-0.4, -0.2) is 36.6 Å². The van der Waals surface area contributed by atoms with E-state index in [2.05, 4.69) is 45.5 Å². The van der Waals surface area contributed by atoms with E-state index in [4.69, 9.17) is 22.1 Å². The molecule has 1 unspecified atom stereocenters. The van der Waals surface area contributed by atoms with Gasteiger partial charge < -0.3 is 15.8 Å². The number of guanidine groups is 1. The van der Waals surface area contributed by atoms with Gasteiger partial charge in [0, 0.05) is 36.3 Å². The van der Waals surface area contributed by atoms with Gasteiger partial charge in [0.2, 0.25) is 0 Å². The van der Waals surface area contributed by atoms with Gasteiger partial charge in [-0.3, -0.25) is 4.90 Å². The summed E-state index contributed by atoms with van der Waals surface area (Å²) in [5.74, 6) is 1.27. The van der Waals surface area contributed by atoms with Crippen molar-refractivity contribution in [3.05, 3.63) is 64.7 Å². The van der Waals surface area contributed by atoms with Gasteiger partial charge in [0.1, 0.15) is 18.4 Å². The molecular weight excluding hydrogens is 487 g/mol. The number of benzene rings is 2. The molecule has 0 saturated carbocycles. The van der Waals surface area contributed by atoms with Gasteiger partial charge in [0.25, 0.3) is 0 Å². The highest BCUT2D eigenvalue weighted by molar-refractivity contribution is 14.0. The summed E-state index contributed by atoms with van der Waals surface area (Å²) in [7, 11) is 0. The fraction of sp³-hybridized carbons (Fsp3) is 0.381. The number of fused-ring (bicyclic) bond motifs is 1. The molecule has 0 amide bonds. The zero-order valence-corrected chi connectivity index (χ0v) is 18.8. The number of rotatable bonds is 4. The van der Waals surface area contributed by atoms with Gasteiger partial charge in [-0.1, -0.05) is 48.0 Å². The number of likely N-dealkylation sites (tertiary alicyclic amines) is 1. The number of hydrogen-bond donors (Lipinski definition) is 2. The molecule has 7 heteroatoms. The fourth-order valence-electron chi connectivity index (χ4n) is 3.81. The molecule has 1 saturated heterocycles. The lowest BCUT2D eigenvalue weighted by molar-refractivity contribution is 0.198. The van der Waals surface area contributed by atoms with Gasteiger partial charge in [0.15, 0.2) is 5.96 Å². The van der Waals surface area contributed by atoms with Crippen molar-refractivity contribution in [2.24, 2.45) is 10.7 Å². The van der Waals surface area contributed by atoms with Crippen LogP contribution in [0.25, 0.3) is 0 Å². The molecule has 5 nitrogen and oxygen atoms in total. The van der Waals surface area contributed by atoms with Crippen LogP contribution in [0.3, 0.4) is 0 Å². The Hall–Kier alpha value is -1.51. The molecule has 28 heavy (non-hydrogen) atoms. The summed E-state index contributed by atoms with van der Waals surface area (Å²) < 4.78 is 5.67. The Labute approximate surface area is 188 Å². The highest BCUT2D eigenvalue weighted by atomic mass is 127. The first kappa shape index (κ1) is 21.2. The van der Waals surface area contributed by atoms with Crippen LogP contribution in [0.5, 0.6) is 5.75 Å². The highest BCUT2D eigenvalue weighted by Crippen LogP contribution is 2.39. The second kappa shape index (κ2) is 9.80. The zero-order chi connectivity index (χ0) is 18.6. The standard InChI is InChI=1S/C21H25ClN4O.HI/c22-17-7-4-8-19-20(17)18(14-27-19)25-21(23)24-16-9-11-26(12-10-16)13-15-5-2-1-3-6-15;/h1-8,16,18H,9-14H2,(H3,23,24,25);1H. The number of aliphatic imine (C=N–C) groups is 1. The third-order valence-corrected chi connectivity index (χ3v) is 5.56. The second-order valence-corrected chi connectivity index (χ2v) is 7.58. The van der Waals surface area contributed by atoms with Crippen LogP contribution in [0.2, 0.25) is 5.02 Å². The van der Waals surface area contributed by atoms with E-state index in [9.17, 15) is 0 Å². The van der Waals surface area contributed by atoms with Crippen LogP contribution >= 0.6 is 35.6 Å². The third-order valence-electron chi connectivity index (χ3n) is 5.23. The zero-order valence-electron chi connectivity index (χ0n) is 15.7. The summed E-state index contributed by atoms with van der Waals surface area (Å²) in [6, 6.07) is 16.5. The smallest absolute Gasteiger partial charge is 0.189 e. The molecule has 2 aliphatic heterocycles. The molecule has 150 valence electrons. The Morgan fingerprint density at radius 2 is 1.89 bits per heavy atom. The van der Waals surface area contributed by atoms with E-state index in [1.807, 2.05) is 18.2 Å². The predicted molar refractivity (Wildman–Crippen MR) is 125 cm³/mol. The van der Waals surface area contributed by atoms with Crippen molar-refractivity contribution in [2.75, 3.05) is 19.7 Å². The van der Waals surface area contributed by atoms with Crippen molar-refractivity contribution in [3.8, 4) is 5.75 Å². The Bertz CT molecular complexity index is 809. The molecule has 2 aromatic rings. The van der Waals surface area contributed by atoms with E-state index in [0.29, 0.717) is 23.6 Å². The van der Waals surface area contributed by atoms with Gasteiger partial charge in [-0.15, -0.1) is 24.0 Å². The predicted octanol–water partition coefficient (Wildman–Crippen LogP) is 3.96. The second-order valence-electron chi connectivity index (χ2n) is 7.17. The van der Waals surface area contributed by atoms with E-state index in [1.54, 1.807) is 0 Å². The Balaban J connectivity index is 0.00000225. The number of piperidine rings is 1. The maximum atomic E-state index is 6.31. The molecule has 2 heterocycles. The summed E-state index contributed by atoms with van der Waals surface area (Å²) in [6.45, 7) is 3.60. The van der Waals surface area contributed by atoms with Crippen LogP contribution < -0.4 is 15.8 Å². The molecule has 0 bridgehead atoms. The molecule has 3 N–H and O–H groups in total. The van der Waals surface area contributed by atoms with E-state index < -0.39 is 0 Å². The van der Waals surface area contributed by atoms with Gasteiger partial charge in [-0.2, -0.15) is 0 Å². The van der Waals surface area contributed by atoms with Crippen molar-refractivity contribution in [1.29, 1.82) is 0 Å². The number of nitrogens with zero attached hydrogens (tertiary/aromatic N) is 2. The minimum Gasteiger partial charge on any atom is -0.491 e. The molecule has 0 aliphatic carbocycles. The molecule has 4 rings (SSSR count). The Kier molecular flexibility index (Phi) is 7.42. The average molecular weight is 513 g/mol. The lowest BCUT2D eigenvalue weighted by Crippen LogP contribution is -2.47. The molecule has 1 fully saturated rings. The molecule has 0 radical (unpaired) electrons. The molecule has 0 spiro atoms.